The number of benzene rings is 3. The summed E-state index contributed by atoms with van der Waals surface area (Å²) in [5, 5.41) is 10.1. The Bertz CT molecular complexity index is 637. The van der Waals surface area contributed by atoms with Crippen LogP contribution >= 0.6 is 0 Å². The highest BCUT2D eigenvalue weighted by atomic mass is 16.3. The fraction of sp³-hybridized carbons (Fsp3) is 0.143. The topological polar surface area (TPSA) is 20.2 Å². The van der Waals surface area contributed by atoms with Crippen LogP contribution < -0.4 is 0 Å². The molecule has 1 N–H and O–H groups in total. The first kappa shape index (κ1) is 14.6. The summed E-state index contributed by atoms with van der Waals surface area (Å²) in [6, 6.07) is 31.1. The SMILES string of the molecule is OCC(c1ccccc1)C(c1ccccc1)c1ccccc1. The largest absolute Gasteiger partial charge is 0.396 e. The normalized spacial score (nSPS) is 12.3. The maximum absolute atomic E-state index is 10.1. The Balaban J connectivity index is 2.09. The Morgan fingerprint density at radius 1 is 0.545 bits per heavy atom. The second kappa shape index (κ2) is 7.06. The molecule has 0 aliphatic heterocycles. The number of hydrogen-bond donors (Lipinski definition) is 1. The van der Waals surface area contributed by atoms with Crippen LogP contribution in [0.5, 0.6) is 0 Å². The van der Waals surface area contributed by atoms with Gasteiger partial charge in [0.05, 0.1) is 6.61 Å². The standard InChI is InChI=1S/C21H20O/c22-16-20(17-10-4-1-5-11-17)21(18-12-6-2-7-13-18)19-14-8-3-9-15-19/h1-15,20-22H,16H2. The minimum absolute atomic E-state index is 0.0472. The minimum atomic E-state index is 0.0472. The molecule has 1 nitrogen and oxygen atoms in total. The molecule has 1 atom stereocenters. The lowest BCUT2D eigenvalue weighted by atomic mass is 9.77. The second-order valence-electron chi connectivity index (χ2n) is 5.50. The van der Waals surface area contributed by atoms with Crippen LogP contribution in [-0.2, 0) is 0 Å². The predicted molar refractivity (Wildman–Crippen MR) is 91.0 cm³/mol. The molecular formula is C21H20O. The zero-order chi connectivity index (χ0) is 15.2. The quantitative estimate of drug-likeness (QED) is 0.727. The van der Waals surface area contributed by atoms with Crippen molar-refractivity contribution in [3.05, 3.63) is 108 Å². The van der Waals surface area contributed by atoms with Gasteiger partial charge in [-0.05, 0) is 16.7 Å². The van der Waals surface area contributed by atoms with E-state index in [1.165, 1.54) is 16.7 Å². The third-order valence-electron chi connectivity index (χ3n) is 4.14. The molecule has 1 unspecified atom stereocenters. The maximum atomic E-state index is 10.1. The van der Waals surface area contributed by atoms with Gasteiger partial charge in [0.25, 0.3) is 0 Å². The van der Waals surface area contributed by atoms with Crippen LogP contribution in [0.3, 0.4) is 0 Å². The second-order valence-corrected chi connectivity index (χ2v) is 5.50. The monoisotopic (exact) mass is 288 g/mol. The number of hydrogen-bond acceptors (Lipinski definition) is 1. The summed E-state index contributed by atoms with van der Waals surface area (Å²) in [5.74, 6) is 0.195. The van der Waals surface area contributed by atoms with E-state index in [9.17, 15) is 5.11 Å². The first-order valence-electron chi connectivity index (χ1n) is 7.66. The van der Waals surface area contributed by atoms with Gasteiger partial charge in [-0.25, -0.2) is 0 Å². The molecule has 0 fully saturated rings. The number of rotatable bonds is 5. The molecule has 0 radical (unpaired) electrons. The summed E-state index contributed by atoms with van der Waals surface area (Å²) in [6.45, 7) is 0.123. The lowest BCUT2D eigenvalue weighted by molar-refractivity contribution is 0.255. The maximum Gasteiger partial charge on any atom is 0.0508 e. The Morgan fingerprint density at radius 3 is 1.27 bits per heavy atom. The van der Waals surface area contributed by atoms with Crippen molar-refractivity contribution >= 4 is 0 Å². The zero-order valence-electron chi connectivity index (χ0n) is 12.5. The lowest BCUT2D eigenvalue weighted by Crippen LogP contribution is -2.16. The highest BCUT2D eigenvalue weighted by Gasteiger charge is 2.25. The predicted octanol–water partition coefficient (Wildman–Crippen LogP) is 4.59. The van der Waals surface area contributed by atoms with Crippen molar-refractivity contribution in [3.63, 3.8) is 0 Å². The molecule has 0 saturated heterocycles. The van der Waals surface area contributed by atoms with Gasteiger partial charge >= 0.3 is 0 Å². The summed E-state index contributed by atoms with van der Waals surface area (Å²) in [6.07, 6.45) is 0. The van der Waals surface area contributed by atoms with Crippen LogP contribution in [0.2, 0.25) is 0 Å². The highest BCUT2D eigenvalue weighted by Crippen LogP contribution is 2.38. The molecule has 1 heteroatoms. The lowest BCUT2D eigenvalue weighted by Gasteiger charge is -2.27. The number of aliphatic hydroxyl groups is 1. The molecule has 0 aliphatic rings. The Labute approximate surface area is 131 Å². The van der Waals surface area contributed by atoms with Crippen molar-refractivity contribution in [3.8, 4) is 0 Å². The van der Waals surface area contributed by atoms with Gasteiger partial charge in [-0.1, -0.05) is 91.0 Å². The van der Waals surface area contributed by atoms with Crippen molar-refractivity contribution in [2.75, 3.05) is 6.61 Å². The van der Waals surface area contributed by atoms with Gasteiger partial charge in [0.2, 0.25) is 0 Å². The van der Waals surface area contributed by atoms with E-state index >= 15 is 0 Å². The summed E-state index contributed by atoms with van der Waals surface area (Å²) < 4.78 is 0. The zero-order valence-corrected chi connectivity index (χ0v) is 12.5. The van der Waals surface area contributed by atoms with E-state index in [2.05, 4.69) is 60.7 Å². The molecule has 3 aromatic carbocycles. The van der Waals surface area contributed by atoms with Gasteiger partial charge < -0.3 is 5.11 Å². The van der Waals surface area contributed by atoms with Crippen molar-refractivity contribution in [2.45, 2.75) is 11.8 Å². The summed E-state index contributed by atoms with van der Waals surface area (Å²) >= 11 is 0. The minimum Gasteiger partial charge on any atom is -0.396 e. The van der Waals surface area contributed by atoms with Gasteiger partial charge in [0, 0.05) is 11.8 Å². The van der Waals surface area contributed by atoms with E-state index in [0.717, 1.165) is 0 Å². The van der Waals surface area contributed by atoms with Gasteiger partial charge in [-0.2, -0.15) is 0 Å². The smallest absolute Gasteiger partial charge is 0.0508 e. The molecule has 0 amide bonds. The molecule has 0 aliphatic carbocycles. The molecule has 3 rings (SSSR count). The molecule has 110 valence electrons. The van der Waals surface area contributed by atoms with Crippen molar-refractivity contribution in [1.29, 1.82) is 0 Å². The van der Waals surface area contributed by atoms with E-state index in [0.29, 0.717) is 0 Å². The Kier molecular flexibility index (Phi) is 4.67. The average molecular weight is 288 g/mol. The molecule has 0 aromatic heterocycles. The molecule has 22 heavy (non-hydrogen) atoms. The van der Waals surface area contributed by atoms with E-state index in [1.54, 1.807) is 0 Å². The van der Waals surface area contributed by atoms with Gasteiger partial charge in [-0.15, -0.1) is 0 Å². The average Bonchev–Trinajstić information content (AvgIpc) is 2.62. The third kappa shape index (κ3) is 3.10. The molecule has 0 bridgehead atoms. The van der Waals surface area contributed by atoms with Crippen LogP contribution in [0.1, 0.15) is 28.5 Å². The third-order valence-corrected chi connectivity index (χ3v) is 4.14. The van der Waals surface area contributed by atoms with Crippen molar-refractivity contribution in [2.24, 2.45) is 0 Å². The van der Waals surface area contributed by atoms with Gasteiger partial charge in [0.1, 0.15) is 0 Å². The van der Waals surface area contributed by atoms with Gasteiger partial charge in [-0.3, -0.25) is 0 Å². The van der Waals surface area contributed by atoms with Crippen LogP contribution in [-0.4, -0.2) is 11.7 Å². The molecular weight excluding hydrogens is 268 g/mol. The van der Waals surface area contributed by atoms with E-state index < -0.39 is 0 Å². The molecule has 3 aromatic rings. The van der Waals surface area contributed by atoms with Crippen molar-refractivity contribution < 1.29 is 5.11 Å². The highest BCUT2D eigenvalue weighted by molar-refractivity contribution is 5.38. The number of aliphatic hydroxyl groups excluding tert-OH is 1. The summed E-state index contributed by atoms with van der Waals surface area (Å²) in [5.41, 5.74) is 3.64. The molecule has 0 heterocycles. The van der Waals surface area contributed by atoms with Crippen LogP contribution in [0.4, 0.5) is 0 Å². The van der Waals surface area contributed by atoms with E-state index in [1.807, 2.05) is 30.3 Å². The first-order valence-corrected chi connectivity index (χ1v) is 7.66. The summed E-state index contributed by atoms with van der Waals surface area (Å²) in [4.78, 5) is 0. The van der Waals surface area contributed by atoms with Crippen LogP contribution in [0.15, 0.2) is 91.0 Å². The fourth-order valence-electron chi connectivity index (χ4n) is 3.08. The fourth-order valence-corrected chi connectivity index (χ4v) is 3.08. The van der Waals surface area contributed by atoms with E-state index in [-0.39, 0.29) is 18.4 Å². The van der Waals surface area contributed by atoms with Crippen LogP contribution in [0, 0.1) is 0 Å². The first-order chi connectivity index (χ1) is 10.9. The molecule has 0 spiro atoms. The van der Waals surface area contributed by atoms with E-state index in [4.69, 9.17) is 0 Å². The van der Waals surface area contributed by atoms with Crippen molar-refractivity contribution in [1.82, 2.24) is 0 Å². The molecule has 0 saturated carbocycles. The van der Waals surface area contributed by atoms with Crippen LogP contribution in [0.25, 0.3) is 0 Å². The van der Waals surface area contributed by atoms with Gasteiger partial charge in [0.15, 0.2) is 0 Å². The Morgan fingerprint density at radius 2 is 0.909 bits per heavy atom. The summed E-state index contributed by atoms with van der Waals surface area (Å²) in [7, 11) is 0. The Hall–Kier alpha value is -2.38.